The van der Waals surface area contributed by atoms with Crippen LogP contribution in [0.3, 0.4) is 0 Å². The first-order valence-electron chi connectivity index (χ1n) is 3.13. The first-order chi connectivity index (χ1) is 3.80. The van der Waals surface area contributed by atoms with Crippen LogP contribution in [0.25, 0.3) is 0 Å². The molecule has 0 aromatic heterocycles. The summed E-state index contributed by atoms with van der Waals surface area (Å²) in [4.78, 5) is 0. The van der Waals surface area contributed by atoms with Crippen LogP contribution in [0.4, 0.5) is 0 Å². The Balaban J connectivity index is 2.24. The third kappa shape index (κ3) is 1.20. The van der Waals surface area contributed by atoms with Gasteiger partial charge in [0.05, 0.1) is 12.8 Å². The van der Waals surface area contributed by atoms with Gasteiger partial charge in [-0.3, -0.25) is 5.32 Å². The minimum absolute atomic E-state index is 0.454. The molecule has 0 saturated carbocycles. The van der Waals surface area contributed by atoms with Crippen LogP contribution in [0.1, 0.15) is 13.8 Å². The molecule has 48 valence electrons. The molecule has 1 aliphatic rings. The number of rotatable bonds is 1. The van der Waals surface area contributed by atoms with E-state index in [0.29, 0.717) is 12.0 Å². The van der Waals surface area contributed by atoms with Gasteiger partial charge >= 0.3 is 0 Å². The van der Waals surface area contributed by atoms with Gasteiger partial charge in [0.15, 0.2) is 0 Å². The van der Waals surface area contributed by atoms with Gasteiger partial charge in [0.2, 0.25) is 0 Å². The summed E-state index contributed by atoms with van der Waals surface area (Å²) in [5, 5.41) is 3.13. The fourth-order valence-electron chi connectivity index (χ4n) is 0.854. The number of hydrogen-bond acceptors (Lipinski definition) is 2. The maximum Gasteiger partial charge on any atom is 0.0970 e. The lowest BCUT2D eigenvalue weighted by Gasteiger charge is -2.10. The van der Waals surface area contributed by atoms with E-state index in [4.69, 9.17) is 4.74 Å². The maximum absolute atomic E-state index is 5.30. The van der Waals surface area contributed by atoms with E-state index in [0.717, 1.165) is 13.3 Å². The third-order valence-corrected chi connectivity index (χ3v) is 1.49. The Kier molecular flexibility index (Phi) is 1.86. The highest BCUT2D eigenvalue weighted by molar-refractivity contribution is 4.68. The highest BCUT2D eigenvalue weighted by Crippen LogP contribution is 2.07. The summed E-state index contributed by atoms with van der Waals surface area (Å²) < 4.78 is 5.30. The van der Waals surface area contributed by atoms with Crippen molar-refractivity contribution in [3.63, 3.8) is 0 Å². The largest absolute Gasteiger partial charge is 0.361 e. The standard InChI is InChI=1S/C6H13NO/c1-5(2)6-3-7-4-8-6/h5-7H,3-4H2,1-2H3/t6-/m1/s1. The average Bonchev–Trinajstić information content (AvgIpc) is 2.12. The van der Waals surface area contributed by atoms with E-state index in [1.807, 2.05) is 0 Å². The third-order valence-electron chi connectivity index (χ3n) is 1.49. The molecule has 2 heteroatoms. The zero-order chi connectivity index (χ0) is 5.98. The zero-order valence-electron chi connectivity index (χ0n) is 5.48. The Morgan fingerprint density at radius 2 is 2.38 bits per heavy atom. The summed E-state index contributed by atoms with van der Waals surface area (Å²) in [5.41, 5.74) is 0. The van der Waals surface area contributed by atoms with Crippen molar-refractivity contribution in [1.29, 1.82) is 0 Å². The molecule has 1 saturated heterocycles. The highest BCUT2D eigenvalue weighted by Gasteiger charge is 2.17. The molecule has 1 fully saturated rings. The molecule has 8 heavy (non-hydrogen) atoms. The van der Waals surface area contributed by atoms with Crippen LogP contribution in [-0.4, -0.2) is 19.4 Å². The topological polar surface area (TPSA) is 21.3 Å². The molecule has 0 spiro atoms. The molecule has 0 radical (unpaired) electrons. The van der Waals surface area contributed by atoms with E-state index in [-0.39, 0.29) is 0 Å². The van der Waals surface area contributed by atoms with Crippen molar-refractivity contribution in [3.05, 3.63) is 0 Å². The summed E-state index contributed by atoms with van der Waals surface area (Å²) in [6.45, 7) is 6.12. The summed E-state index contributed by atoms with van der Waals surface area (Å²) in [6, 6.07) is 0. The van der Waals surface area contributed by atoms with Crippen molar-refractivity contribution in [3.8, 4) is 0 Å². The summed E-state index contributed by atoms with van der Waals surface area (Å²) in [5.74, 6) is 0.657. The molecule has 0 aliphatic carbocycles. The molecular formula is C6H13NO. The van der Waals surface area contributed by atoms with E-state index in [2.05, 4.69) is 19.2 Å². The minimum atomic E-state index is 0.454. The lowest BCUT2D eigenvalue weighted by molar-refractivity contribution is 0.0797. The molecule has 1 atom stereocenters. The van der Waals surface area contributed by atoms with Crippen molar-refractivity contribution in [2.24, 2.45) is 5.92 Å². The maximum atomic E-state index is 5.30. The molecule has 1 rings (SSSR count). The molecule has 1 N–H and O–H groups in total. The Bertz CT molecular complexity index is 66.9. The fraction of sp³-hybridized carbons (Fsp3) is 1.00. The smallest absolute Gasteiger partial charge is 0.0970 e. The van der Waals surface area contributed by atoms with E-state index in [9.17, 15) is 0 Å². The summed E-state index contributed by atoms with van der Waals surface area (Å²) >= 11 is 0. The van der Waals surface area contributed by atoms with E-state index < -0.39 is 0 Å². The number of hydrogen-bond donors (Lipinski definition) is 1. The summed E-state index contributed by atoms with van der Waals surface area (Å²) in [6.07, 6.45) is 0.454. The number of nitrogens with one attached hydrogen (secondary N) is 1. The summed E-state index contributed by atoms with van der Waals surface area (Å²) in [7, 11) is 0. The van der Waals surface area contributed by atoms with Crippen LogP contribution >= 0.6 is 0 Å². The van der Waals surface area contributed by atoms with Crippen LogP contribution in [0.15, 0.2) is 0 Å². The van der Waals surface area contributed by atoms with Crippen molar-refractivity contribution in [1.82, 2.24) is 5.32 Å². The molecular weight excluding hydrogens is 102 g/mol. The molecule has 0 aromatic rings. The van der Waals surface area contributed by atoms with Gasteiger partial charge in [-0.25, -0.2) is 0 Å². The Morgan fingerprint density at radius 3 is 2.62 bits per heavy atom. The van der Waals surface area contributed by atoms with Gasteiger partial charge in [-0.05, 0) is 5.92 Å². The first kappa shape index (κ1) is 6.05. The van der Waals surface area contributed by atoms with Crippen molar-refractivity contribution in [2.75, 3.05) is 13.3 Å². The lowest BCUT2D eigenvalue weighted by atomic mass is 10.1. The molecule has 0 amide bonds. The Hall–Kier alpha value is -0.0800. The lowest BCUT2D eigenvalue weighted by Crippen LogP contribution is -2.19. The van der Waals surface area contributed by atoms with E-state index in [1.54, 1.807) is 0 Å². The molecule has 1 aliphatic heterocycles. The molecule has 2 nitrogen and oxygen atoms in total. The van der Waals surface area contributed by atoms with Gasteiger partial charge in [-0.15, -0.1) is 0 Å². The number of ether oxygens (including phenoxy) is 1. The predicted octanol–water partition coefficient (Wildman–Crippen LogP) is 0.588. The van der Waals surface area contributed by atoms with Crippen LogP contribution in [-0.2, 0) is 4.74 Å². The van der Waals surface area contributed by atoms with Gasteiger partial charge in [-0.1, -0.05) is 13.8 Å². The van der Waals surface area contributed by atoms with E-state index in [1.165, 1.54) is 0 Å². The monoisotopic (exact) mass is 115 g/mol. The molecule has 0 aromatic carbocycles. The van der Waals surface area contributed by atoms with Crippen molar-refractivity contribution < 1.29 is 4.74 Å². The quantitative estimate of drug-likeness (QED) is 0.540. The Morgan fingerprint density at radius 1 is 1.62 bits per heavy atom. The van der Waals surface area contributed by atoms with E-state index >= 15 is 0 Å². The van der Waals surface area contributed by atoms with Gasteiger partial charge in [-0.2, -0.15) is 0 Å². The normalized spacial score (nSPS) is 29.6. The zero-order valence-corrected chi connectivity index (χ0v) is 5.48. The van der Waals surface area contributed by atoms with Gasteiger partial charge in [0.25, 0.3) is 0 Å². The highest BCUT2D eigenvalue weighted by atomic mass is 16.5. The first-order valence-corrected chi connectivity index (χ1v) is 3.13. The van der Waals surface area contributed by atoms with Crippen LogP contribution in [0, 0.1) is 5.92 Å². The predicted molar refractivity (Wildman–Crippen MR) is 32.6 cm³/mol. The van der Waals surface area contributed by atoms with Crippen LogP contribution in [0.5, 0.6) is 0 Å². The van der Waals surface area contributed by atoms with Crippen molar-refractivity contribution >= 4 is 0 Å². The van der Waals surface area contributed by atoms with Gasteiger partial charge in [0.1, 0.15) is 0 Å². The van der Waals surface area contributed by atoms with Crippen LogP contribution < -0.4 is 5.32 Å². The second-order valence-electron chi connectivity index (χ2n) is 2.55. The second kappa shape index (κ2) is 2.46. The fourth-order valence-corrected chi connectivity index (χ4v) is 0.854. The van der Waals surface area contributed by atoms with Gasteiger partial charge < -0.3 is 4.74 Å². The van der Waals surface area contributed by atoms with Crippen molar-refractivity contribution in [2.45, 2.75) is 20.0 Å². The molecule has 0 bridgehead atoms. The SMILES string of the molecule is CC(C)[C@H]1CNCO1. The molecule has 1 heterocycles. The average molecular weight is 115 g/mol. The van der Waals surface area contributed by atoms with Gasteiger partial charge in [0, 0.05) is 6.54 Å². The second-order valence-corrected chi connectivity index (χ2v) is 2.55. The molecule has 0 unspecified atom stereocenters. The Labute approximate surface area is 50.2 Å². The van der Waals surface area contributed by atoms with Crippen LogP contribution in [0.2, 0.25) is 0 Å². The minimum Gasteiger partial charge on any atom is -0.361 e.